The molecule has 0 radical (unpaired) electrons. The second kappa shape index (κ2) is 8.44. The number of hydrogen-bond donors (Lipinski definition) is 0. The third-order valence-corrected chi connectivity index (χ3v) is 6.10. The number of benzene rings is 1. The lowest BCUT2D eigenvalue weighted by Gasteiger charge is -2.59. The molecule has 1 spiro atoms. The first kappa shape index (κ1) is 20.5. The Morgan fingerprint density at radius 2 is 1.59 bits per heavy atom. The van der Waals surface area contributed by atoms with Crippen LogP contribution in [0, 0.1) is 0 Å². The Bertz CT molecular complexity index is 612. The normalized spacial score (nSPS) is 24.0. The summed E-state index contributed by atoms with van der Waals surface area (Å²) in [6, 6.07) is 10.5. The van der Waals surface area contributed by atoms with Gasteiger partial charge in [-0.1, -0.05) is 56.3 Å². The van der Waals surface area contributed by atoms with E-state index in [0.29, 0.717) is 19.8 Å². The van der Waals surface area contributed by atoms with Crippen molar-refractivity contribution in [1.82, 2.24) is 5.06 Å². The summed E-state index contributed by atoms with van der Waals surface area (Å²) in [5.74, 6) is -0.529. The van der Waals surface area contributed by atoms with Crippen molar-refractivity contribution in [3.63, 3.8) is 0 Å². The van der Waals surface area contributed by atoms with E-state index >= 15 is 0 Å². The molecule has 1 saturated heterocycles. The van der Waals surface area contributed by atoms with E-state index in [1.807, 2.05) is 0 Å². The molecule has 4 heteroatoms. The SMILES string of the molecule is CCC1(CC)CC2(CC(C)(C)N1OCCc1ccccc1)OCC=CCO2. The Morgan fingerprint density at radius 1 is 0.963 bits per heavy atom. The minimum atomic E-state index is -0.529. The number of piperidine rings is 1. The molecule has 2 aliphatic rings. The highest BCUT2D eigenvalue weighted by Gasteiger charge is 2.57. The molecule has 27 heavy (non-hydrogen) atoms. The fourth-order valence-electron chi connectivity index (χ4n) is 4.79. The van der Waals surface area contributed by atoms with Crippen molar-refractivity contribution >= 4 is 0 Å². The van der Waals surface area contributed by atoms with E-state index in [2.05, 4.69) is 75.2 Å². The number of hydroxylamine groups is 2. The van der Waals surface area contributed by atoms with Gasteiger partial charge in [0.1, 0.15) is 0 Å². The van der Waals surface area contributed by atoms with Crippen molar-refractivity contribution in [2.75, 3.05) is 19.8 Å². The average Bonchev–Trinajstić information content (AvgIpc) is 2.88. The van der Waals surface area contributed by atoms with Gasteiger partial charge in [0.2, 0.25) is 0 Å². The summed E-state index contributed by atoms with van der Waals surface area (Å²) in [6.07, 6.45) is 8.67. The predicted molar refractivity (Wildman–Crippen MR) is 108 cm³/mol. The molecule has 0 atom stereocenters. The van der Waals surface area contributed by atoms with Crippen molar-refractivity contribution in [2.24, 2.45) is 0 Å². The predicted octanol–water partition coefficient (Wildman–Crippen LogP) is 4.89. The number of nitrogens with zero attached hydrogens (tertiary/aromatic N) is 1. The van der Waals surface area contributed by atoms with Gasteiger partial charge in [0, 0.05) is 18.4 Å². The van der Waals surface area contributed by atoms with E-state index in [1.54, 1.807) is 0 Å². The van der Waals surface area contributed by atoms with Gasteiger partial charge in [-0.15, -0.1) is 0 Å². The van der Waals surface area contributed by atoms with Crippen LogP contribution in [0.25, 0.3) is 0 Å². The number of hydrogen-bond acceptors (Lipinski definition) is 4. The second-order valence-electron chi connectivity index (χ2n) is 8.46. The zero-order valence-electron chi connectivity index (χ0n) is 17.4. The van der Waals surface area contributed by atoms with Crippen LogP contribution in [0.5, 0.6) is 0 Å². The summed E-state index contributed by atoms with van der Waals surface area (Å²) in [6.45, 7) is 10.9. The quantitative estimate of drug-likeness (QED) is 0.664. The molecule has 0 bridgehead atoms. The highest BCUT2D eigenvalue weighted by atomic mass is 16.7. The second-order valence-corrected chi connectivity index (χ2v) is 8.46. The van der Waals surface area contributed by atoms with Crippen molar-refractivity contribution in [2.45, 2.75) is 76.7 Å². The monoisotopic (exact) mass is 373 g/mol. The third-order valence-electron chi connectivity index (χ3n) is 6.10. The number of rotatable bonds is 6. The van der Waals surface area contributed by atoms with Crippen LogP contribution in [0.3, 0.4) is 0 Å². The van der Waals surface area contributed by atoms with E-state index in [4.69, 9.17) is 14.3 Å². The van der Waals surface area contributed by atoms with Gasteiger partial charge in [0.15, 0.2) is 5.79 Å². The fraction of sp³-hybridized carbons (Fsp3) is 0.652. The van der Waals surface area contributed by atoms with Crippen LogP contribution in [-0.2, 0) is 20.7 Å². The first-order chi connectivity index (χ1) is 13.0. The zero-order valence-corrected chi connectivity index (χ0v) is 17.4. The molecule has 1 aromatic rings. The first-order valence-corrected chi connectivity index (χ1v) is 10.4. The lowest BCUT2D eigenvalue weighted by atomic mass is 9.73. The Morgan fingerprint density at radius 3 is 2.19 bits per heavy atom. The topological polar surface area (TPSA) is 30.9 Å². The fourth-order valence-corrected chi connectivity index (χ4v) is 4.79. The van der Waals surface area contributed by atoms with Crippen molar-refractivity contribution in [3.05, 3.63) is 48.0 Å². The maximum atomic E-state index is 6.47. The van der Waals surface area contributed by atoms with Gasteiger partial charge in [-0.3, -0.25) is 4.84 Å². The van der Waals surface area contributed by atoms with E-state index in [-0.39, 0.29) is 11.1 Å². The molecule has 0 amide bonds. The van der Waals surface area contributed by atoms with Crippen LogP contribution in [0.4, 0.5) is 0 Å². The van der Waals surface area contributed by atoms with Crippen LogP contribution in [0.15, 0.2) is 42.5 Å². The minimum absolute atomic E-state index is 0.0945. The molecule has 4 nitrogen and oxygen atoms in total. The maximum absolute atomic E-state index is 6.47. The molecule has 0 N–H and O–H groups in total. The van der Waals surface area contributed by atoms with Crippen LogP contribution in [-0.4, -0.2) is 41.7 Å². The first-order valence-electron chi connectivity index (χ1n) is 10.4. The molecule has 0 unspecified atom stereocenters. The Balaban J connectivity index is 1.77. The molecule has 2 aliphatic heterocycles. The summed E-state index contributed by atoms with van der Waals surface area (Å²) in [4.78, 5) is 6.47. The lowest BCUT2D eigenvalue weighted by molar-refractivity contribution is -0.359. The van der Waals surface area contributed by atoms with E-state index in [1.165, 1.54) is 5.56 Å². The van der Waals surface area contributed by atoms with Gasteiger partial charge >= 0.3 is 0 Å². The summed E-state index contributed by atoms with van der Waals surface area (Å²) < 4.78 is 12.5. The Labute approximate surface area is 164 Å². The molecule has 1 aromatic carbocycles. The van der Waals surface area contributed by atoms with Gasteiger partial charge in [0.05, 0.1) is 25.4 Å². The maximum Gasteiger partial charge on any atom is 0.172 e. The molecule has 0 aromatic heterocycles. The van der Waals surface area contributed by atoms with Gasteiger partial charge in [-0.2, -0.15) is 5.06 Å². The minimum Gasteiger partial charge on any atom is -0.346 e. The van der Waals surface area contributed by atoms with Crippen LogP contribution in [0.2, 0.25) is 0 Å². The zero-order chi connectivity index (χ0) is 19.4. The van der Waals surface area contributed by atoms with Crippen LogP contribution in [0.1, 0.15) is 58.9 Å². The summed E-state index contributed by atoms with van der Waals surface area (Å²) >= 11 is 0. The molecule has 1 fully saturated rings. The van der Waals surface area contributed by atoms with E-state index in [0.717, 1.165) is 32.1 Å². The Kier molecular flexibility index (Phi) is 6.42. The summed E-state index contributed by atoms with van der Waals surface area (Å²) in [7, 11) is 0. The van der Waals surface area contributed by atoms with Crippen molar-refractivity contribution in [3.8, 4) is 0 Å². The molecular weight excluding hydrogens is 338 g/mol. The highest BCUT2D eigenvalue weighted by Crippen LogP contribution is 2.49. The van der Waals surface area contributed by atoms with Crippen molar-refractivity contribution in [1.29, 1.82) is 0 Å². The summed E-state index contributed by atoms with van der Waals surface area (Å²) in [5, 5.41) is 2.28. The van der Waals surface area contributed by atoms with Crippen LogP contribution < -0.4 is 0 Å². The molecule has 0 aliphatic carbocycles. The van der Waals surface area contributed by atoms with Gasteiger partial charge in [-0.25, -0.2) is 0 Å². The Hall–Kier alpha value is -1.20. The third kappa shape index (κ3) is 4.45. The molecule has 3 rings (SSSR count). The molecule has 150 valence electrons. The largest absolute Gasteiger partial charge is 0.346 e. The van der Waals surface area contributed by atoms with Crippen molar-refractivity contribution < 1.29 is 14.3 Å². The average molecular weight is 374 g/mol. The smallest absolute Gasteiger partial charge is 0.172 e. The molecule has 0 saturated carbocycles. The molecule has 2 heterocycles. The van der Waals surface area contributed by atoms with Gasteiger partial charge in [-0.05, 0) is 38.7 Å². The summed E-state index contributed by atoms with van der Waals surface area (Å²) in [5.41, 5.74) is 1.04. The number of ether oxygens (including phenoxy) is 2. The molecular formula is C23H35NO3. The standard InChI is InChI=1S/C23H35NO3/c1-5-22(6-2)19-23(25-15-10-11-16-26-23)18-21(3,4)24(22)27-17-14-20-12-8-7-9-13-20/h7-13H,5-6,14-19H2,1-4H3. The van der Waals surface area contributed by atoms with E-state index < -0.39 is 5.79 Å². The van der Waals surface area contributed by atoms with Gasteiger partial charge in [0.25, 0.3) is 0 Å². The van der Waals surface area contributed by atoms with E-state index in [9.17, 15) is 0 Å². The van der Waals surface area contributed by atoms with Gasteiger partial charge < -0.3 is 9.47 Å². The van der Waals surface area contributed by atoms with Crippen LogP contribution >= 0.6 is 0 Å². The highest BCUT2D eigenvalue weighted by molar-refractivity contribution is 5.14. The lowest BCUT2D eigenvalue weighted by Crippen LogP contribution is -2.68.